The summed E-state index contributed by atoms with van der Waals surface area (Å²) in [4.78, 5) is 12.3. The van der Waals surface area contributed by atoms with Gasteiger partial charge in [0.25, 0.3) is 0 Å². The highest BCUT2D eigenvalue weighted by Gasteiger charge is 2.35. The molecule has 0 aromatic rings. The molecule has 122 valence electrons. The van der Waals surface area contributed by atoms with Crippen LogP contribution in [0.3, 0.4) is 0 Å². The molecule has 2 aliphatic carbocycles. The fourth-order valence-corrected chi connectivity index (χ4v) is 3.94. The summed E-state index contributed by atoms with van der Waals surface area (Å²) in [6.45, 7) is 2.24. The van der Waals surface area contributed by atoms with E-state index in [0.717, 1.165) is 18.8 Å². The molecule has 4 nitrogen and oxygen atoms in total. The molecule has 0 radical (unpaired) electrons. The Bertz CT molecular complexity index is 326. The zero-order valence-electron chi connectivity index (χ0n) is 13.3. The van der Waals surface area contributed by atoms with Crippen molar-refractivity contribution in [1.82, 2.24) is 5.32 Å². The predicted octanol–water partition coefficient (Wildman–Crippen LogP) is 2.23. The van der Waals surface area contributed by atoms with E-state index in [9.17, 15) is 9.90 Å². The summed E-state index contributed by atoms with van der Waals surface area (Å²) in [6, 6.07) is 0.0439. The van der Waals surface area contributed by atoms with Crippen LogP contribution in [0.2, 0.25) is 0 Å². The second-order valence-electron chi connectivity index (χ2n) is 7.05. The molecule has 4 heteroatoms. The molecule has 3 unspecified atom stereocenters. The van der Waals surface area contributed by atoms with Crippen molar-refractivity contribution in [2.45, 2.75) is 76.9 Å². The number of hydrogen-bond acceptors (Lipinski definition) is 3. The Morgan fingerprint density at radius 3 is 2.48 bits per heavy atom. The first-order valence-corrected chi connectivity index (χ1v) is 8.73. The van der Waals surface area contributed by atoms with Gasteiger partial charge in [0, 0.05) is 24.5 Å². The number of hydrogen-bond donors (Lipinski definition) is 3. The predicted molar refractivity (Wildman–Crippen MR) is 82.7 cm³/mol. The van der Waals surface area contributed by atoms with Crippen molar-refractivity contribution in [3.63, 3.8) is 0 Å². The van der Waals surface area contributed by atoms with Gasteiger partial charge >= 0.3 is 0 Å². The van der Waals surface area contributed by atoms with Gasteiger partial charge in [-0.3, -0.25) is 4.79 Å². The zero-order chi connectivity index (χ0) is 15.2. The number of amides is 1. The van der Waals surface area contributed by atoms with Crippen LogP contribution >= 0.6 is 0 Å². The first-order valence-electron chi connectivity index (χ1n) is 8.73. The minimum absolute atomic E-state index is 0.00999. The van der Waals surface area contributed by atoms with Crippen molar-refractivity contribution in [3.8, 4) is 0 Å². The third kappa shape index (κ3) is 4.68. The number of rotatable bonds is 6. The summed E-state index contributed by atoms with van der Waals surface area (Å²) in [7, 11) is 0. The van der Waals surface area contributed by atoms with Crippen LogP contribution in [0.25, 0.3) is 0 Å². The largest absolute Gasteiger partial charge is 0.396 e. The van der Waals surface area contributed by atoms with E-state index in [0.29, 0.717) is 12.8 Å². The van der Waals surface area contributed by atoms with Gasteiger partial charge in [0.05, 0.1) is 6.10 Å². The maximum atomic E-state index is 12.3. The van der Waals surface area contributed by atoms with E-state index in [4.69, 9.17) is 5.11 Å². The summed E-state index contributed by atoms with van der Waals surface area (Å²) < 4.78 is 0. The van der Waals surface area contributed by atoms with Gasteiger partial charge in [-0.2, -0.15) is 0 Å². The average molecular weight is 297 g/mol. The third-order valence-corrected chi connectivity index (χ3v) is 5.42. The van der Waals surface area contributed by atoms with Crippen LogP contribution in [0.5, 0.6) is 0 Å². The molecule has 0 aromatic carbocycles. The molecule has 3 atom stereocenters. The summed E-state index contributed by atoms with van der Waals surface area (Å²) in [5.41, 5.74) is 0. The van der Waals surface area contributed by atoms with E-state index in [-0.39, 0.29) is 30.4 Å². The molecule has 2 saturated carbocycles. The first-order chi connectivity index (χ1) is 10.1. The molecule has 0 heterocycles. The van der Waals surface area contributed by atoms with E-state index in [1.54, 1.807) is 0 Å². The maximum Gasteiger partial charge on any atom is 0.223 e. The number of carbonyl (C=O) groups is 1. The summed E-state index contributed by atoms with van der Waals surface area (Å²) in [5.74, 6) is 1.08. The first kappa shape index (κ1) is 16.8. The van der Waals surface area contributed by atoms with E-state index in [2.05, 4.69) is 12.2 Å². The molecular formula is C17H31NO3. The number of aliphatic hydroxyl groups is 2. The summed E-state index contributed by atoms with van der Waals surface area (Å²) >= 11 is 0. The molecule has 2 fully saturated rings. The SMILES string of the molecule is CCCCC1CCC(C(=O)NC2CC(O)C(CO)C2)CC1. The van der Waals surface area contributed by atoms with Crippen molar-refractivity contribution >= 4 is 5.91 Å². The van der Waals surface area contributed by atoms with Gasteiger partial charge in [0.1, 0.15) is 0 Å². The number of carbonyl (C=O) groups excluding carboxylic acids is 1. The van der Waals surface area contributed by atoms with Gasteiger partial charge < -0.3 is 15.5 Å². The van der Waals surface area contributed by atoms with Crippen LogP contribution in [-0.4, -0.2) is 34.9 Å². The van der Waals surface area contributed by atoms with Crippen molar-refractivity contribution in [2.24, 2.45) is 17.8 Å². The second-order valence-corrected chi connectivity index (χ2v) is 7.05. The van der Waals surface area contributed by atoms with Gasteiger partial charge in [-0.1, -0.05) is 26.2 Å². The van der Waals surface area contributed by atoms with Gasteiger partial charge in [-0.15, -0.1) is 0 Å². The minimum atomic E-state index is -0.468. The van der Waals surface area contributed by atoms with Crippen LogP contribution in [0, 0.1) is 17.8 Å². The Morgan fingerprint density at radius 1 is 1.19 bits per heavy atom. The van der Waals surface area contributed by atoms with Crippen molar-refractivity contribution in [3.05, 3.63) is 0 Å². The zero-order valence-corrected chi connectivity index (χ0v) is 13.3. The quantitative estimate of drug-likeness (QED) is 0.704. The lowest BCUT2D eigenvalue weighted by Crippen LogP contribution is -2.39. The highest BCUT2D eigenvalue weighted by molar-refractivity contribution is 5.79. The van der Waals surface area contributed by atoms with Crippen molar-refractivity contribution in [1.29, 1.82) is 0 Å². The molecule has 0 spiro atoms. The molecule has 0 bridgehead atoms. The lowest BCUT2D eigenvalue weighted by atomic mass is 9.79. The second kappa shape index (κ2) is 8.14. The smallest absolute Gasteiger partial charge is 0.223 e. The fraction of sp³-hybridized carbons (Fsp3) is 0.941. The molecule has 0 aromatic heterocycles. The normalized spacial score (nSPS) is 36.6. The van der Waals surface area contributed by atoms with Crippen LogP contribution < -0.4 is 5.32 Å². The number of unbranched alkanes of at least 4 members (excludes halogenated alkanes) is 1. The highest BCUT2D eigenvalue weighted by Crippen LogP contribution is 2.33. The van der Waals surface area contributed by atoms with Gasteiger partial charge in [-0.25, -0.2) is 0 Å². The van der Waals surface area contributed by atoms with Crippen LogP contribution in [-0.2, 0) is 4.79 Å². The van der Waals surface area contributed by atoms with Crippen molar-refractivity contribution in [2.75, 3.05) is 6.61 Å². The van der Waals surface area contributed by atoms with E-state index in [1.165, 1.54) is 32.1 Å². The van der Waals surface area contributed by atoms with E-state index < -0.39 is 6.10 Å². The third-order valence-electron chi connectivity index (χ3n) is 5.42. The fourth-order valence-electron chi connectivity index (χ4n) is 3.94. The molecule has 2 aliphatic rings. The molecular weight excluding hydrogens is 266 g/mol. The Labute approximate surface area is 128 Å². The molecule has 1 amide bonds. The monoisotopic (exact) mass is 297 g/mol. The summed E-state index contributed by atoms with van der Waals surface area (Å²) in [6.07, 6.45) is 9.11. The van der Waals surface area contributed by atoms with Gasteiger partial charge in [-0.05, 0) is 44.4 Å². The van der Waals surface area contributed by atoms with Crippen LogP contribution in [0.4, 0.5) is 0 Å². The Hall–Kier alpha value is -0.610. The summed E-state index contributed by atoms with van der Waals surface area (Å²) in [5, 5.41) is 22.0. The minimum Gasteiger partial charge on any atom is -0.396 e. The maximum absolute atomic E-state index is 12.3. The Kier molecular flexibility index (Phi) is 6.49. The Balaban J connectivity index is 1.70. The molecule has 0 aliphatic heterocycles. The molecule has 3 N–H and O–H groups in total. The van der Waals surface area contributed by atoms with E-state index >= 15 is 0 Å². The lowest BCUT2D eigenvalue weighted by molar-refractivity contribution is -0.127. The van der Waals surface area contributed by atoms with Gasteiger partial charge in [0.2, 0.25) is 5.91 Å². The molecule has 2 rings (SSSR count). The lowest BCUT2D eigenvalue weighted by Gasteiger charge is -2.28. The number of aliphatic hydroxyl groups excluding tert-OH is 2. The number of nitrogens with one attached hydrogen (secondary N) is 1. The van der Waals surface area contributed by atoms with Crippen LogP contribution in [0.15, 0.2) is 0 Å². The standard InChI is InChI=1S/C17H31NO3/c1-2-3-4-12-5-7-13(8-6-12)17(21)18-15-9-14(11-19)16(20)10-15/h12-16,19-20H,2-11H2,1H3,(H,18,21). The van der Waals surface area contributed by atoms with Crippen LogP contribution in [0.1, 0.15) is 64.7 Å². The topological polar surface area (TPSA) is 69.6 Å². The highest BCUT2D eigenvalue weighted by atomic mass is 16.3. The molecule has 21 heavy (non-hydrogen) atoms. The average Bonchev–Trinajstić information content (AvgIpc) is 2.85. The van der Waals surface area contributed by atoms with Crippen molar-refractivity contribution < 1.29 is 15.0 Å². The Morgan fingerprint density at radius 2 is 1.90 bits per heavy atom. The van der Waals surface area contributed by atoms with E-state index in [1.807, 2.05) is 0 Å². The van der Waals surface area contributed by atoms with Gasteiger partial charge in [0.15, 0.2) is 0 Å². The molecule has 0 saturated heterocycles.